The van der Waals surface area contributed by atoms with Gasteiger partial charge in [-0.15, -0.1) is 0 Å². The lowest BCUT2D eigenvalue weighted by atomic mass is 9.90. The molecule has 2 atom stereocenters. The Balaban J connectivity index is 2.85. The summed E-state index contributed by atoms with van der Waals surface area (Å²) in [6.45, 7) is 7.58. The molecule has 0 saturated carbocycles. The lowest BCUT2D eigenvalue weighted by Crippen LogP contribution is -2.27. The molecule has 0 aliphatic heterocycles. The third-order valence-electron chi connectivity index (χ3n) is 3.68. The highest BCUT2D eigenvalue weighted by Gasteiger charge is 2.20. The number of rotatable bonds is 7. The summed E-state index contributed by atoms with van der Waals surface area (Å²) in [6.07, 6.45) is 2.22. The van der Waals surface area contributed by atoms with Crippen LogP contribution < -0.4 is 5.73 Å². The van der Waals surface area contributed by atoms with E-state index >= 15 is 0 Å². The first-order valence-electron chi connectivity index (χ1n) is 7.41. The predicted octanol–water partition coefficient (Wildman–Crippen LogP) is 3.47. The molecule has 0 aliphatic rings. The highest BCUT2D eigenvalue weighted by Crippen LogP contribution is 2.29. The van der Waals surface area contributed by atoms with Crippen molar-refractivity contribution in [1.29, 1.82) is 0 Å². The van der Waals surface area contributed by atoms with Crippen LogP contribution in [0.1, 0.15) is 44.4 Å². The Kier molecular flexibility index (Phi) is 6.53. The lowest BCUT2D eigenvalue weighted by Gasteiger charge is -2.30. The second-order valence-corrected chi connectivity index (χ2v) is 6.30. The average Bonchev–Trinajstić information content (AvgIpc) is 2.31. The molecule has 0 fully saturated rings. The van der Waals surface area contributed by atoms with Gasteiger partial charge in [0.15, 0.2) is 0 Å². The van der Waals surface area contributed by atoms with Crippen LogP contribution in [0.3, 0.4) is 0 Å². The quantitative estimate of drug-likeness (QED) is 0.815. The molecule has 0 aliphatic carbocycles. The van der Waals surface area contributed by atoms with Crippen molar-refractivity contribution in [2.75, 3.05) is 20.6 Å². The van der Waals surface area contributed by atoms with Crippen molar-refractivity contribution < 1.29 is 0 Å². The van der Waals surface area contributed by atoms with Gasteiger partial charge in [0.25, 0.3) is 0 Å². The van der Waals surface area contributed by atoms with Crippen molar-refractivity contribution in [2.45, 2.75) is 39.7 Å². The molecular weight excluding hydrogens is 232 g/mol. The van der Waals surface area contributed by atoms with Gasteiger partial charge in [-0.1, -0.05) is 45.0 Å². The maximum Gasteiger partial charge on any atom is 0.0368 e. The molecule has 0 heterocycles. The number of nitrogens with two attached hydrogens (primary N) is 1. The number of nitrogens with zero attached hydrogens (tertiary/aromatic N) is 1. The molecule has 1 rings (SSSR count). The van der Waals surface area contributed by atoms with Crippen LogP contribution in [0.5, 0.6) is 0 Å². The van der Waals surface area contributed by atoms with Gasteiger partial charge in [0.1, 0.15) is 0 Å². The van der Waals surface area contributed by atoms with Gasteiger partial charge in [-0.3, -0.25) is 0 Å². The first-order valence-corrected chi connectivity index (χ1v) is 7.41. The molecule has 1 aromatic carbocycles. The smallest absolute Gasteiger partial charge is 0.0368 e. The fourth-order valence-electron chi connectivity index (χ4n) is 2.88. The summed E-state index contributed by atoms with van der Waals surface area (Å²) in [4.78, 5) is 2.30. The lowest BCUT2D eigenvalue weighted by molar-refractivity contribution is 0.217. The van der Waals surface area contributed by atoms with Crippen LogP contribution >= 0.6 is 0 Å². The van der Waals surface area contributed by atoms with Gasteiger partial charge in [-0.2, -0.15) is 0 Å². The highest BCUT2D eigenvalue weighted by atomic mass is 15.1. The summed E-state index contributed by atoms with van der Waals surface area (Å²) in [6, 6.07) is 9.59. The van der Waals surface area contributed by atoms with E-state index in [9.17, 15) is 0 Å². The van der Waals surface area contributed by atoms with Crippen molar-refractivity contribution in [3.05, 3.63) is 35.4 Å². The van der Waals surface area contributed by atoms with E-state index in [1.807, 2.05) is 0 Å². The van der Waals surface area contributed by atoms with Gasteiger partial charge in [0, 0.05) is 6.04 Å². The third kappa shape index (κ3) is 4.96. The predicted molar refractivity (Wildman–Crippen MR) is 84.2 cm³/mol. The minimum atomic E-state index is 0.455. The van der Waals surface area contributed by atoms with Gasteiger partial charge in [0.2, 0.25) is 0 Å². The van der Waals surface area contributed by atoms with E-state index in [2.05, 4.69) is 64.0 Å². The fraction of sp³-hybridized carbons (Fsp3) is 0.647. The molecule has 0 amide bonds. The first kappa shape index (κ1) is 16.2. The van der Waals surface area contributed by atoms with Crippen LogP contribution in [0, 0.1) is 11.8 Å². The zero-order valence-electron chi connectivity index (χ0n) is 13.2. The summed E-state index contributed by atoms with van der Waals surface area (Å²) in [5.74, 6) is 1.29. The van der Waals surface area contributed by atoms with Crippen molar-refractivity contribution in [2.24, 2.45) is 17.6 Å². The minimum absolute atomic E-state index is 0.455. The Bertz CT molecular complexity index is 354. The summed E-state index contributed by atoms with van der Waals surface area (Å²) in [5, 5.41) is 0. The Morgan fingerprint density at radius 1 is 1.05 bits per heavy atom. The van der Waals surface area contributed by atoms with Gasteiger partial charge in [0.05, 0.1) is 0 Å². The van der Waals surface area contributed by atoms with E-state index in [0.717, 1.165) is 19.4 Å². The Labute approximate surface area is 119 Å². The Morgan fingerprint density at radius 2 is 1.63 bits per heavy atom. The maximum atomic E-state index is 5.71. The standard InChI is InChI=1S/C17H30N2/c1-13(2)12-15-6-8-16(9-7-15)17(19(4)5)14(3)10-11-18/h6-9,13-14,17H,10-12,18H2,1-5H3. The van der Waals surface area contributed by atoms with Crippen LogP contribution in [-0.4, -0.2) is 25.5 Å². The zero-order chi connectivity index (χ0) is 14.4. The van der Waals surface area contributed by atoms with Crippen molar-refractivity contribution in [1.82, 2.24) is 4.90 Å². The molecule has 19 heavy (non-hydrogen) atoms. The number of benzene rings is 1. The fourth-order valence-corrected chi connectivity index (χ4v) is 2.88. The van der Waals surface area contributed by atoms with E-state index in [-0.39, 0.29) is 0 Å². The first-order chi connectivity index (χ1) is 8.95. The van der Waals surface area contributed by atoms with Crippen LogP contribution in [0.25, 0.3) is 0 Å². The van der Waals surface area contributed by atoms with Crippen molar-refractivity contribution in [3.8, 4) is 0 Å². The van der Waals surface area contributed by atoms with Crippen molar-refractivity contribution in [3.63, 3.8) is 0 Å². The molecular formula is C17H30N2. The van der Waals surface area contributed by atoms with Gasteiger partial charge in [-0.05, 0) is 56.4 Å². The molecule has 108 valence electrons. The van der Waals surface area contributed by atoms with Crippen LogP contribution in [0.15, 0.2) is 24.3 Å². The SMILES string of the molecule is CC(C)Cc1ccc(C(C(C)CCN)N(C)C)cc1. The second-order valence-electron chi connectivity index (χ2n) is 6.30. The highest BCUT2D eigenvalue weighted by molar-refractivity contribution is 5.25. The second kappa shape index (κ2) is 7.66. The summed E-state index contributed by atoms with van der Waals surface area (Å²) in [7, 11) is 4.30. The zero-order valence-corrected chi connectivity index (χ0v) is 13.2. The topological polar surface area (TPSA) is 29.3 Å². The van der Waals surface area contributed by atoms with Crippen molar-refractivity contribution >= 4 is 0 Å². The molecule has 0 bridgehead atoms. The van der Waals surface area contributed by atoms with E-state index < -0.39 is 0 Å². The van der Waals surface area contributed by atoms with Gasteiger partial charge in [-0.25, -0.2) is 0 Å². The van der Waals surface area contributed by atoms with Gasteiger partial charge >= 0.3 is 0 Å². The summed E-state index contributed by atoms with van der Waals surface area (Å²) < 4.78 is 0. The van der Waals surface area contributed by atoms with Gasteiger partial charge < -0.3 is 10.6 Å². The average molecular weight is 262 g/mol. The van der Waals surface area contributed by atoms with E-state index in [1.54, 1.807) is 0 Å². The number of hydrogen-bond acceptors (Lipinski definition) is 2. The molecule has 0 radical (unpaired) electrons. The van der Waals surface area contributed by atoms with Crippen LogP contribution in [0.2, 0.25) is 0 Å². The van der Waals surface area contributed by atoms with Crippen LogP contribution in [0.4, 0.5) is 0 Å². The van der Waals surface area contributed by atoms with E-state index in [0.29, 0.717) is 17.9 Å². The molecule has 2 heteroatoms. The molecule has 2 N–H and O–H groups in total. The van der Waals surface area contributed by atoms with E-state index in [1.165, 1.54) is 11.1 Å². The summed E-state index contributed by atoms with van der Waals surface area (Å²) >= 11 is 0. The molecule has 1 aromatic rings. The molecule has 2 nitrogen and oxygen atoms in total. The van der Waals surface area contributed by atoms with E-state index in [4.69, 9.17) is 5.73 Å². The molecule has 0 spiro atoms. The molecule has 0 saturated heterocycles. The summed E-state index contributed by atoms with van der Waals surface area (Å²) in [5.41, 5.74) is 8.54. The monoisotopic (exact) mass is 262 g/mol. The Hall–Kier alpha value is -0.860. The maximum absolute atomic E-state index is 5.71. The molecule has 0 aromatic heterocycles. The number of hydrogen-bond donors (Lipinski definition) is 1. The largest absolute Gasteiger partial charge is 0.330 e. The third-order valence-corrected chi connectivity index (χ3v) is 3.68. The Morgan fingerprint density at radius 3 is 2.05 bits per heavy atom. The van der Waals surface area contributed by atoms with Crippen LogP contribution in [-0.2, 0) is 6.42 Å². The molecule has 2 unspecified atom stereocenters. The minimum Gasteiger partial charge on any atom is -0.330 e. The normalized spacial score (nSPS) is 14.9.